The Hall–Kier alpha value is -0.570. The number of amides is 1. The van der Waals surface area contributed by atoms with Crippen LogP contribution in [0.2, 0.25) is 0 Å². The molecule has 64 valence electrons. The number of nitrogens with one attached hydrogen (secondary N) is 1. The third-order valence-corrected chi connectivity index (χ3v) is 2.01. The number of aliphatic hydroxyl groups excluding tert-OH is 1. The Kier molecular flexibility index (Phi) is 2.18. The quantitative estimate of drug-likeness (QED) is 0.578. The fourth-order valence-electron chi connectivity index (χ4n) is 1.65. The van der Waals surface area contributed by atoms with Crippen LogP contribution in [-0.4, -0.2) is 23.2 Å². The zero-order valence-electron chi connectivity index (χ0n) is 7.05. The molecule has 1 aliphatic heterocycles. The highest BCUT2D eigenvalue weighted by atomic mass is 16.3. The molecule has 0 aromatic rings. The Balaban J connectivity index is 2.44. The summed E-state index contributed by atoms with van der Waals surface area (Å²) in [6, 6.07) is 0. The molecule has 0 aromatic carbocycles. The van der Waals surface area contributed by atoms with Crippen molar-refractivity contribution in [3.05, 3.63) is 0 Å². The van der Waals surface area contributed by atoms with Crippen LogP contribution in [0.25, 0.3) is 0 Å². The average Bonchev–Trinajstić information content (AvgIpc) is 1.82. The zero-order chi connectivity index (χ0) is 8.48. The van der Waals surface area contributed by atoms with Crippen molar-refractivity contribution < 1.29 is 9.90 Å². The van der Waals surface area contributed by atoms with Gasteiger partial charge in [-0.3, -0.25) is 4.79 Å². The lowest BCUT2D eigenvalue weighted by molar-refractivity contribution is -0.135. The second-order valence-corrected chi connectivity index (χ2v) is 3.76. The molecular weight excluding hydrogens is 142 g/mol. The lowest BCUT2D eigenvalue weighted by atomic mass is 9.81. The lowest BCUT2D eigenvalue weighted by Gasteiger charge is -2.41. The van der Waals surface area contributed by atoms with Crippen molar-refractivity contribution in [2.24, 2.45) is 5.92 Å². The van der Waals surface area contributed by atoms with Crippen LogP contribution in [0.3, 0.4) is 0 Å². The first-order chi connectivity index (χ1) is 5.08. The summed E-state index contributed by atoms with van der Waals surface area (Å²) >= 11 is 0. The fraction of sp³-hybridized carbons (Fsp3) is 0.875. The molecule has 0 spiro atoms. The minimum absolute atomic E-state index is 0.0553. The van der Waals surface area contributed by atoms with Gasteiger partial charge in [0, 0.05) is 0 Å². The molecule has 2 N–H and O–H groups in total. The summed E-state index contributed by atoms with van der Waals surface area (Å²) in [5.74, 6) is 0.572. The van der Waals surface area contributed by atoms with Crippen molar-refractivity contribution in [3.63, 3.8) is 0 Å². The van der Waals surface area contributed by atoms with Gasteiger partial charge in [0.25, 0.3) is 0 Å². The van der Waals surface area contributed by atoms with Gasteiger partial charge in [0.1, 0.15) is 0 Å². The summed E-state index contributed by atoms with van der Waals surface area (Å²) in [5.41, 5.74) is -0.286. The van der Waals surface area contributed by atoms with E-state index in [1.165, 1.54) is 0 Å². The normalized spacial score (nSPS) is 30.0. The molecule has 0 saturated carbocycles. The van der Waals surface area contributed by atoms with Crippen molar-refractivity contribution in [2.45, 2.75) is 32.2 Å². The molecule has 0 aliphatic carbocycles. The number of carbonyl (C=O) groups excluding carboxylic acids is 1. The van der Waals surface area contributed by atoms with Gasteiger partial charge in [0.05, 0.1) is 18.6 Å². The molecule has 1 heterocycles. The van der Waals surface area contributed by atoms with Crippen molar-refractivity contribution in [2.75, 3.05) is 6.61 Å². The van der Waals surface area contributed by atoms with E-state index in [0.717, 1.165) is 6.42 Å². The van der Waals surface area contributed by atoms with E-state index in [2.05, 4.69) is 19.2 Å². The minimum Gasteiger partial charge on any atom is -0.394 e. The number of rotatable bonds is 3. The van der Waals surface area contributed by atoms with Crippen LogP contribution in [0.1, 0.15) is 26.7 Å². The van der Waals surface area contributed by atoms with Crippen LogP contribution in [0.5, 0.6) is 0 Å². The van der Waals surface area contributed by atoms with Crippen molar-refractivity contribution in [1.29, 1.82) is 0 Å². The predicted molar refractivity (Wildman–Crippen MR) is 42.0 cm³/mol. The summed E-state index contributed by atoms with van der Waals surface area (Å²) in [4.78, 5) is 10.6. The third kappa shape index (κ3) is 1.71. The molecule has 0 radical (unpaired) electrons. The van der Waals surface area contributed by atoms with Gasteiger partial charge in [-0.2, -0.15) is 0 Å². The van der Waals surface area contributed by atoms with Gasteiger partial charge in [-0.05, 0) is 12.3 Å². The Morgan fingerprint density at radius 3 is 2.55 bits per heavy atom. The molecular formula is C8H15NO2. The van der Waals surface area contributed by atoms with E-state index >= 15 is 0 Å². The SMILES string of the molecule is CC(C)CC1(CO)CC(=O)N1. The first-order valence-electron chi connectivity index (χ1n) is 4.00. The van der Waals surface area contributed by atoms with Gasteiger partial charge < -0.3 is 10.4 Å². The number of carbonyl (C=O) groups is 1. The monoisotopic (exact) mass is 157 g/mol. The highest BCUT2D eigenvalue weighted by Crippen LogP contribution is 2.26. The van der Waals surface area contributed by atoms with E-state index in [4.69, 9.17) is 5.11 Å². The molecule has 1 rings (SSSR count). The number of aliphatic hydroxyl groups is 1. The van der Waals surface area contributed by atoms with E-state index in [1.54, 1.807) is 0 Å². The van der Waals surface area contributed by atoms with E-state index in [0.29, 0.717) is 12.3 Å². The molecule has 0 aromatic heterocycles. The molecule has 1 amide bonds. The Morgan fingerprint density at radius 1 is 1.73 bits per heavy atom. The molecule has 1 saturated heterocycles. The highest BCUT2D eigenvalue weighted by molar-refractivity contribution is 5.84. The second kappa shape index (κ2) is 2.81. The summed E-state index contributed by atoms with van der Waals surface area (Å²) < 4.78 is 0. The Bertz CT molecular complexity index is 157. The second-order valence-electron chi connectivity index (χ2n) is 3.76. The summed E-state index contributed by atoms with van der Waals surface area (Å²) in [5, 5.41) is 11.7. The fourth-order valence-corrected chi connectivity index (χ4v) is 1.65. The topological polar surface area (TPSA) is 49.3 Å². The van der Waals surface area contributed by atoms with E-state index in [9.17, 15) is 4.79 Å². The molecule has 1 aliphatic rings. The number of hydrogen-bond donors (Lipinski definition) is 2. The van der Waals surface area contributed by atoms with Gasteiger partial charge in [-0.15, -0.1) is 0 Å². The van der Waals surface area contributed by atoms with Crippen LogP contribution >= 0.6 is 0 Å². The summed E-state index contributed by atoms with van der Waals surface area (Å²) in [6.45, 7) is 4.24. The van der Waals surface area contributed by atoms with Crippen LogP contribution in [-0.2, 0) is 4.79 Å². The molecule has 1 unspecified atom stereocenters. The maximum absolute atomic E-state index is 10.6. The van der Waals surface area contributed by atoms with Crippen molar-refractivity contribution >= 4 is 5.91 Å². The van der Waals surface area contributed by atoms with Crippen LogP contribution in [0, 0.1) is 5.92 Å². The standard InChI is InChI=1S/C8H15NO2/c1-6(2)3-8(5-10)4-7(11)9-8/h6,10H,3-5H2,1-2H3,(H,9,11). The van der Waals surface area contributed by atoms with E-state index < -0.39 is 0 Å². The summed E-state index contributed by atoms with van der Waals surface area (Å²) in [7, 11) is 0. The van der Waals surface area contributed by atoms with E-state index in [-0.39, 0.29) is 18.1 Å². The molecule has 3 heteroatoms. The maximum atomic E-state index is 10.6. The van der Waals surface area contributed by atoms with Crippen molar-refractivity contribution in [3.8, 4) is 0 Å². The predicted octanol–water partition coefficient (Wildman–Crippen LogP) is 0.283. The largest absolute Gasteiger partial charge is 0.394 e. The first-order valence-corrected chi connectivity index (χ1v) is 4.00. The highest BCUT2D eigenvalue weighted by Gasteiger charge is 2.42. The number of hydrogen-bond acceptors (Lipinski definition) is 2. The smallest absolute Gasteiger partial charge is 0.222 e. The van der Waals surface area contributed by atoms with Crippen LogP contribution in [0.4, 0.5) is 0 Å². The maximum Gasteiger partial charge on any atom is 0.222 e. The Morgan fingerprint density at radius 2 is 2.27 bits per heavy atom. The lowest BCUT2D eigenvalue weighted by Crippen LogP contribution is -2.63. The van der Waals surface area contributed by atoms with Gasteiger partial charge in [0.15, 0.2) is 0 Å². The molecule has 0 bridgehead atoms. The van der Waals surface area contributed by atoms with Gasteiger partial charge in [-0.25, -0.2) is 0 Å². The van der Waals surface area contributed by atoms with E-state index in [1.807, 2.05) is 0 Å². The van der Waals surface area contributed by atoms with Gasteiger partial charge in [0.2, 0.25) is 5.91 Å². The Labute approximate surface area is 66.8 Å². The first kappa shape index (κ1) is 8.53. The zero-order valence-corrected chi connectivity index (χ0v) is 7.05. The van der Waals surface area contributed by atoms with Gasteiger partial charge >= 0.3 is 0 Å². The third-order valence-electron chi connectivity index (χ3n) is 2.01. The summed E-state index contributed by atoms with van der Waals surface area (Å²) in [6.07, 6.45) is 1.36. The van der Waals surface area contributed by atoms with Crippen molar-refractivity contribution in [1.82, 2.24) is 5.32 Å². The van der Waals surface area contributed by atoms with Crippen LogP contribution in [0.15, 0.2) is 0 Å². The van der Waals surface area contributed by atoms with Gasteiger partial charge in [-0.1, -0.05) is 13.8 Å². The average molecular weight is 157 g/mol. The molecule has 1 fully saturated rings. The number of β-lactam (4-membered cyclic amide) rings is 1. The molecule has 3 nitrogen and oxygen atoms in total. The molecule has 11 heavy (non-hydrogen) atoms. The minimum atomic E-state index is -0.286. The molecule has 1 atom stereocenters. The van der Waals surface area contributed by atoms with Crippen LogP contribution < -0.4 is 5.32 Å².